The summed E-state index contributed by atoms with van der Waals surface area (Å²) in [5.41, 5.74) is 2.40. The van der Waals surface area contributed by atoms with Gasteiger partial charge in [0.15, 0.2) is 0 Å². The Morgan fingerprint density at radius 3 is 2.71 bits per heavy atom. The van der Waals surface area contributed by atoms with Crippen LogP contribution in [0.2, 0.25) is 0 Å². The number of hydrogen-bond acceptors (Lipinski definition) is 3. The number of carbonyl (C=O) groups excluding carboxylic acids is 1. The van der Waals surface area contributed by atoms with Crippen LogP contribution in [0.4, 0.5) is 0 Å². The minimum atomic E-state index is -0.604. The molecule has 5 heteroatoms. The second-order valence-corrected chi connectivity index (χ2v) is 7.08. The lowest BCUT2D eigenvalue weighted by atomic mass is 9.77. The fourth-order valence-corrected chi connectivity index (χ4v) is 3.74. The summed E-state index contributed by atoms with van der Waals surface area (Å²) in [6, 6.07) is 6.15. The lowest BCUT2D eigenvalue weighted by Gasteiger charge is -2.33. The average molecular weight is 329 g/mol. The van der Waals surface area contributed by atoms with Crippen LogP contribution >= 0.6 is 0 Å². The summed E-state index contributed by atoms with van der Waals surface area (Å²) in [7, 11) is 2.00. The molecule has 1 atom stereocenters. The highest BCUT2D eigenvalue weighted by Gasteiger charge is 2.39. The SMILES string of the molecule is Cc1nc2cc(C(C)(CCCO)C(=O)N3CCCC3)ccc2n1C. The number of hydrogen-bond donors (Lipinski definition) is 1. The van der Waals surface area contributed by atoms with Crippen molar-refractivity contribution in [2.75, 3.05) is 19.7 Å². The molecule has 1 aromatic carbocycles. The molecule has 0 saturated carbocycles. The molecule has 1 aromatic heterocycles. The first-order valence-corrected chi connectivity index (χ1v) is 8.81. The van der Waals surface area contributed by atoms with Gasteiger partial charge in [-0.05, 0) is 57.2 Å². The molecule has 130 valence electrons. The largest absolute Gasteiger partial charge is 0.396 e. The predicted molar refractivity (Wildman–Crippen MR) is 94.9 cm³/mol. The van der Waals surface area contributed by atoms with Crippen LogP contribution in [0.5, 0.6) is 0 Å². The molecule has 1 saturated heterocycles. The molecule has 5 nitrogen and oxygen atoms in total. The Hall–Kier alpha value is -1.88. The third kappa shape index (κ3) is 2.81. The van der Waals surface area contributed by atoms with Gasteiger partial charge in [-0.15, -0.1) is 0 Å². The van der Waals surface area contributed by atoms with Crippen LogP contribution in [0.3, 0.4) is 0 Å². The molecule has 0 spiro atoms. The number of likely N-dealkylation sites (tertiary alicyclic amines) is 1. The normalized spacial score (nSPS) is 17.4. The Balaban J connectivity index is 2.02. The number of benzene rings is 1. The van der Waals surface area contributed by atoms with Crippen molar-refractivity contribution in [2.45, 2.75) is 44.9 Å². The predicted octanol–water partition coefficient (Wildman–Crippen LogP) is 2.53. The number of aliphatic hydroxyl groups is 1. The molecule has 0 aliphatic carbocycles. The molecule has 24 heavy (non-hydrogen) atoms. The second-order valence-electron chi connectivity index (χ2n) is 7.08. The van der Waals surface area contributed by atoms with E-state index in [9.17, 15) is 9.90 Å². The van der Waals surface area contributed by atoms with E-state index in [0.717, 1.165) is 48.4 Å². The maximum atomic E-state index is 13.2. The molecule has 2 heterocycles. The van der Waals surface area contributed by atoms with Crippen molar-refractivity contribution >= 4 is 16.9 Å². The molecule has 3 rings (SSSR count). The molecule has 0 radical (unpaired) electrons. The van der Waals surface area contributed by atoms with Crippen molar-refractivity contribution in [1.29, 1.82) is 0 Å². The van der Waals surface area contributed by atoms with Crippen molar-refractivity contribution in [3.05, 3.63) is 29.6 Å². The maximum Gasteiger partial charge on any atom is 0.232 e. The van der Waals surface area contributed by atoms with E-state index >= 15 is 0 Å². The van der Waals surface area contributed by atoms with E-state index in [-0.39, 0.29) is 12.5 Å². The minimum Gasteiger partial charge on any atom is -0.396 e. The Morgan fingerprint density at radius 1 is 1.33 bits per heavy atom. The van der Waals surface area contributed by atoms with Gasteiger partial charge < -0.3 is 14.6 Å². The number of aromatic nitrogens is 2. The smallest absolute Gasteiger partial charge is 0.232 e. The van der Waals surface area contributed by atoms with E-state index in [1.807, 2.05) is 31.9 Å². The van der Waals surface area contributed by atoms with Gasteiger partial charge in [-0.3, -0.25) is 4.79 Å². The Kier molecular flexibility index (Phi) is 4.63. The topological polar surface area (TPSA) is 58.4 Å². The van der Waals surface area contributed by atoms with E-state index in [4.69, 9.17) is 0 Å². The average Bonchev–Trinajstić information content (AvgIpc) is 3.21. The number of fused-ring (bicyclic) bond motifs is 1. The first kappa shape index (κ1) is 17.0. The summed E-state index contributed by atoms with van der Waals surface area (Å²) in [5.74, 6) is 1.14. The highest BCUT2D eigenvalue weighted by atomic mass is 16.3. The van der Waals surface area contributed by atoms with E-state index in [1.165, 1.54) is 0 Å². The Labute approximate surface area is 143 Å². The monoisotopic (exact) mass is 329 g/mol. The van der Waals surface area contributed by atoms with Crippen LogP contribution in [0, 0.1) is 6.92 Å². The third-order valence-electron chi connectivity index (χ3n) is 5.44. The summed E-state index contributed by atoms with van der Waals surface area (Å²) in [4.78, 5) is 19.8. The number of aliphatic hydroxyl groups excluding tert-OH is 1. The molecule has 1 fully saturated rings. The zero-order valence-electron chi connectivity index (χ0n) is 14.9. The third-order valence-corrected chi connectivity index (χ3v) is 5.44. The van der Waals surface area contributed by atoms with Crippen molar-refractivity contribution in [3.8, 4) is 0 Å². The number of nitrogens with zero attached hydrogens (tertiary/aromatic N) is 3. The van der Waals surface area contributed by atoms with Crippen LogP contribution in [0.1, 0.15) is 44.0 Å². The minimum absolute atomic E-state index is 0.105. The first-order chi connectivity index (χ1) is 11.5. The molecule has 0 bridgehead atoms. The number of imidazole rings is 1. The highest BCUT2D eigenvalue weighted by molar-refractivity contribution is 5.89. The highest BCUT2D eigenvalue weighted by Crippen LogP contribution is 2.34. The van der Waals surface area contributed by atoms with Crippen LogP contribution in [0.15, 0.2) is 18.2 Å². The van der Waals surface area contributed by atoms with Crippen LogP contribution in [-0.2, 0) is 17.3 Å². The van der Waals surface area contributed by atoms with Crippen molar-refractivity contribution < 1.29 is 9.90 Å². The number of amides is 1. The zero-order valence-corrected chi connectivity index (χ0v) is 14.9. The van der Waals surface area contributed by atoms with Crippen LogP contribution in [-0.4, -0.2) is 45.2 Å². The zero-order chi connectivity index (χ0) is 17.3. The Bertz CT molecular complexity index is 746. The molecule has 2 aromatic rings. The first-order valence-electron chi connectivity index (χ1n) is 8.81. The van der Waals surface area contributed by atoms with Gasteiger partial charge in [0.25, 0.3) is 0 Å². The summed E-state index contributed by atoms with van der Waals surface area (Å²) in [6.45, 7) is 5.80. The van der Waals surface area contributed by atoms with Gasteiger partial charge >= 0.3 is 0 Å². The lowest BCUT2D eigenvalue weighted by Crippen LogP contribution is -2.44. The van der Waals surface area contributed by atoms with Gasteiger partial charge in [0.2, 0.25) is 5.91 Å². The van der Waals surface area contributed by atoms with Gasteiger partial charge in [0.1, 0.15) is 5.82 Å². The van der Waals surface area contributed by atoms with E-state index in [2.05, 4.69) is 21.7 Å². The maximum absolute atomic E-state index is 13.2. The summed E-state index contributed by atoms with van der Waals surface area (Å²) in [6.07, 6.45) is 3.44. The number of aryl methyl sites for hydroxylation is 2. The quantitative estimate of drug-likeness (QED) is 0.917. The van der Waals surface area contributed by atoms with Gasteiger partial charge in [-0.25, -0.2) is 4.98 Å². The molecule has 1 aliphatic heterocycles. The van der Waals surface area contributed by atoms with Gasteiger partial charge in [-0.2, -0.15) is 0 Å². The lowest BCUT2D eigenvalue weighted by molar-refractivity contribution is -0.136. The molecule has 1 amide bonds. The fourth-order valence-electron chi connectivity index (χ4n) is 3.74. The van der Waals surface area contributed by atoms with Crippen LogP contribution < -0.4 is 0 Å². The van der Waals surface area contributed by atoms with Crippen molar-refractivity contribution in [3.63, 3.8) is 0 Å². The molecule has 1 N–H and O–H groups in total. The molecule has 1 unspecified atom stereocenters. The summed E-state index contributed by atoms with van der Waals surface area (Å²) < 4.78 is 2.06. The number of rotatable bonds is 5. The number of carbonyl (C=O) groups is 1. The van der Waals surface area contributed by atoms with Gasteiger partial charge in [-0.1, -0.05) is 6.07 Å². The summed E-state index contributed by atoms with van der Waals surface area (Å²) in [5, 5.41) is 9.29. The molecule has 1 aliphatic rings. The standard InChI is InChI=1S/C19H27N3O2/c1-14-20-16-13-15(7-8-17(16)21(14)3)19(2,9-6-12-23)18(24)22-10-4-5-11-22/h7-8,13,23H,4-6,9-12H2,1-3H3. The summed E-state index contributed by atoms with van der Waals surface area (Å²) >= 11 is 0. The Morgan fingerprint density at radius 2 is 2.04 bits per heavy atom. The van der Waals surface area contributed by atoms with Gasteiger partial charge in [0, 0.05) is 26.7 Å². The molecular weight excluding hydrogens is 302 g/mol. The van der Waals surface area contributed by atoms with E-state index < -0.39 is 5.41 Å². The van der Waals surface area contributed by atoms with Crippen molar-refractivity contribution in [2.24, 2.45) is 7.05 Å². The van der Waals surface area contributed by atoms with Crippen LogP contribution in [0.25, 0.3) is 11.0 Å². The van der Waals surface area contributed by atoms with E-state index in [1.54, 1.807) is 0 Å². The fraction of sp³-hybridized carbons (Fsp3) is 0.579. The second kappa shape index (κ2) is 6.55. The molecular formula is C19H27N3O2. The van der Waals surface area contributed by atoms with Gasteiger partial charge in [0.05, 0.1) is 16.4 Å². The van der Waals surface area contributed by atoms with E-state index in [0.29, 0.717) is 12.8 Å². The van der Waals surface area contributed by atoms with Crippen molar-refractivity contribution in [1.82, 2.24) is 14.5 Å².